The Labute approximate surface area is 153 Å². The zero-order valence-electron chi connectivity index (χ0n) is 14.3. The van der Waals surface area contributed by atoms with Crippen molar-refractivity contribution >= 4 is 16.7 Å². The Hall–Kier alpha value is -3.41. The summed E-state index contributed by atoms with van der Waals surface area (Å²) in [4.78, 5) is 9.12. The monoisotopic (exact) mass is 365 g/mol. The number of hydrogen-bond acceptors (Lipinski definition) is 3. The lowest BCUT2D eigenvalue weighted by Gasteiger charge is -2.10. The Bertz CT molecular complexity index is 1120. The van der Waals surface area contributed by atoms with E-state index < -0.39 is 17.5 Å². The first-order valence-electron chi connectivity index (χ1n) is 8.26. The maximum absolute atomic E-state index is 13.6. The summed E-state index contributed by atoms with van der Waals surface area (Å²) < 4.78 is 40.4. The number of hydrogen-bond donors (Lipinski definition) is 1. The molecule has 0 atom stereocenters. The smallest absolute Gasteiger partial charge is 0.194 e. The van der Waals surface area contributed by atoms with E-state index in [1.807, 2.05) is 30.3 Å². The third-order valence-electron chi connectivity index (χ3n) is 4.28. The van der Waals surface area contributed by atoms with Crippen LogP contribution < -0.4 is 5.32 Å². The summed E-state index contributed by atoms with van der Waals surface area (Å²) in [5, 5.41) is 3.73. The molecule has 1 heterocycles. The standard InChI is InChI=1S/C21H14F3N3/c1-25-21-15-9-13(14-10-16(22)19(24)17(23)11-14)7-8-18(15)26-20(27-21)12-5-3-2-4-6-12/h2-11H,1H3,(H,25,26,27). The number of anilines is 1. The summed E-state index contributed by atoms with van der Waals surface area (Å²) in [5.41, 5.74) is 2.33. The van der Waals surface area contributed by atoms with Gasteiger partial charge in [0.05, 0.1) is 5.52 Å². The van der Waals surface area contributed by atoms with E-state index >= 15 is 0 Å². The molecule has 0 saturated carbocycles. The third-order valence-corrected chi connectivity index (χ3v) is 4.28. The van der Waals surface area contributed by atoms with Gasteiger partial charge in [0.2, 0.25) is 0 Å². The van der Waals surface area contributed by atoms with E-state index in [1.54, 1.807) is 25.2 Å². The maximum atomic E-state index is 13.6. The maximum Gasteiger partial charge on any atom is 0.194 e. The predicted molar refractivity (Wildman–Crippen MR) is 99.8 cm³/mol. The van der Waals surface area contributed by atoms with Crippen molar-refractivity contribution in [2.24, 2.45) is 0 Å². The zero-order chi connectivity index (χ0) is 19.0. The highest BCUT2D eigenvalue weighted by molar-refractivity contribution is 5.93. The Kier molecular flexibility index (Phi) is 4.24. The first-order valence-corrected chi connectivity index (χ1v) is 8.26. The van der Waals surface area contributed by atoms with E-state index in [4.69, 9.17) is 0 Å². The zero-order valence-corrected chi connectivity index (χ0v) is 14.3. The topological polar surface area (TPSA) is 37.8 Å². The summed E-state index contributed by atoms with van der Waals surface area (Å²) in [7, 11) is 1.74. The normalized spacial score (nSPS) is 11.0. The molecule has 1 N–H and O–H groups in total. The van der Waals surface area contributed by atoms with Gasteiger partial charge in [0.25, 0.3) is 0 Å². The molecule has 0 radical (unpaired) electrons. The number of benzene rings is 3. The van der Waals surface area contributed by atoms with E-state index in [-0.39, 0.29) is 5.56 Å². The molecule has 0 aliphatic carbocycles. The van der Waals surface area contributed by atoms with Gasteiger partial charge in [-0.1, -0.05) is 36.4 Å². The van der Waals surface area contributed by atoms with Gasteiger partial charge in [0.15, 0.2) is 23.3 Å². The van der Waals surface area contributed by atoms with Gasteiger partial charge in [-0.15, -0.1) is 0 Å². The predicted octanol–water partition coefficient (Wildman–Crippen LogP) is 5.42. The van der Waals surface area contributed by atoms with Gasteiger partial charge in [-0.3, -0.25) is 0 Å². The molecule has 0 aliphatic rings. The summed E-state index contributed by atoms with van der Waals surface area (Å²) in [6.45, 7) is 0. The van der Waals surface area contributed by atoms with Crippen LogP contribution in [0.5, 0.6) is 0 Å². The molecule has 0 spiro atoms. The number of nitrogens with zero attached hydrogens (tertiary/aromatic N) is 2. The van der Waals surface area contributed by atoms with Crippen molar-refractivity contribution < 1.29 is 13.2 Å². The van der Waals surface area contributed by atoms with Crippen molar-refractivity contribution in [3.05, 3.63) is 78.1 Å². The van der Waals surface area contributed by atoms with Crippen molar-refractivity contribution in [1.29, 1.82) is 0 Å². The number of halogens is 3. The lowest BCUT2D eigenvalue weighted by atomic mass is 10.0. The number of nitrogens with one attached hydrogen (secondary N) is 1. The highest BCUT2D eigenvalue weighted by Crippen LogP contribution is 2.30. The van der Waals surface area contributed by atoms with Gasteiger partial charge in [-0.2, -0.15) is 0 Å². The van der Waals surface area contributed by atoms with E-state index in [9.17, 15) is 13.2 Å². The lowest BCUT2D eigenvalue weighted by Crippen LogP contribution is -1.99. The molecule has 4 aromatic rings. The minimum atomic E-state index is -1.48. The van der Waals surface area contributed by atoms with Crippen LogP contribution in [0, 0.1) is 17.5 Å². The Morgan fingerprint density at radius 2 is 1.44 bits per heavy atom. The first kappa shape index (κ1) is 17.0. The van der Waals surface area contributed by atoms with Crippen molar-refractivity contribution in [2.45, 2.75) is 0 Å². The molecule has 0 aliphatic heterocycles. The first-order chi connectivity index (χ1) is 13.1. The van der Waals surface area contributed by atoms with Crippen LogP contribution in [0.2, 0.25) is 0 Å². The highest BCUT2D eigenvalue weighted by Gasteiger charge is 2.14. The fourth-order valence-corrected chi connectivity index (χ4v) is 2.94. The third kappa shape index (κ3) is 3.10. The average Bonchev–Trinajstić information content (AvgIpc) is 2.71. The van der Waals surface area contributed by atoms with Gasteiger partial charge in [0, 0.05) is 18.0 Å². The van der Waals surface area contributed by atoms with Crippen LogP contribution in [0.1, 0.15) is 0 Å². The molecule has 4 rings (SSSR count). The van der Waals surface area contributed by atoms with E-state index in [0.717, 1.165) is 17.7 Å². The molecular formula is C21H14F3N3. The summed E-state index contributed by atoms with van der Waals surface area (Å²) in [5.74, 6) is -2.78. The molecule has 3 nitrogen and oxygen atoms in total. The van der Waals surface area contributed by atoms with E-state index in [0.29, 0.717) is 28.1 Å². The second-order valence-electron chi connectivity index (χ2n) is 6.00. The van der Waals surface area contributed by atoms with Gasteiger partial charge < -0.3 is 5.32 Å². The van der Waals surface area contributed by atoms with Crippen LogP contribution in [-0.2, 0) is 0 Å². The van der Waals surface area contributed by atoms with Crippen molar-refractivity contribution in [1.82, 2.24) is 9.97 Å². The molecule has 0 fully saturated rings. The number of aromatic nitrogens is 2. The average molecular weight is 365 g/mol. The molecule has 27 heavy (non-hydrogen) atoms. The second-order valence-corrected chi connectivity index (χ2v) is 6.00. The largest absolute Gasteiger partial charge is 0.373 e. The fraction of sp³-hybridized carbons (Fsp3) is 0.0476. The molecule has 0 amide bonds. The van der Waals surface area contributed by atoms with Gasteiger partial charge in [0.1, 0.15) is 5.82 Å². The van der Waals surface area contributed by atoms with Crippen LogP contribution in [0.25, 0.3) is 33.4 Å². The van der Waals surface area contributed by atoms with Crippen LogP contribution in [0.4, 0.5) is 19.0 Å². The SMILES string of the molecule is CNc1nc(-c2ccccc2)nc2ccc(-c3cc(F)c(F)c(F)c3)cc12. The van der Waals surface area contributed by atoms with Crippen LogP contribution in [0.15, 0.2) is 60.7 Å². The van der Waals surface area contributed by atoms with Gasteiger partial charge in [-0.25, -0.2) is 23.1 Å². The molecule has 0 bridgehead atoms. The molecule has 3 aromatic carbocycles. The minimum absolute atomic E-state index is 0.238. The Morgan fingerprint density at radius 1 is 0.741 bits per heavy atom. The quantitative estimate of drug-likeness (QED) is 0.493. The van der Waals surface area contributed by atoms with Gasteiger partial charge >= 0.3 is 0 Å². The molecule has 6 heteroatoms. The van der Waals surface area contributed by atoms with Crippen molar-refractivity contribution in [3.63, 3.8) is 0 Å². The highest BCUT2D eigenvalue weighted by atomic mass is 19.2. The molecular weight excluding hydrogens is 351 g/mol. The molecule has 0 unspecified atom stereocenters. The fourth-order valence-electron chi connectivity index (χ4n) is 2.94. The molecule has 0 saturated heterocycles. The minimum Gasteiger partial charge on any atom is -0.373 e. The molecule has 134 valence electrons. The summed E-state index contributed by atoms with van der Waals surface area (Å²) in [6.07, 6.45) is 0. The Balaban J connectivity index is 1.88. The van der Waals surface area contributed by atoms with E-state index in [1.165, 1.54) is 0 Å². The summed E-state index contributed by atoms with van der Waals surface area (Å²) >= 11 is 0. The van der Waals surface area contributed by atoms with Crippen molar-refractivity contribution in [3.8, 4) is 22.5 Å². The lowest BCUT2D eigenvalue weighted by molar-refractivity contribution is 0.448. The Morgan fingerprint density at radius 3 is 2.11 bits per heavy atom. The second kappa shape index (κ2) is 6.72. The van der Waals surface area contributed by atoms with E-state index in [2.05, 4.69) is 15.3 Å². The van der Waals surface area contributed by atoms with Crippen LogP contribution in [-0.4, -0.2) is 17.0 Å². The van der Waals surface area contributed by atoms with Crippen molar-refractivity contribution in [2.75, 3.05) is 12.4 Å². The molecule has 1 aromatic heterocycles. The number of fused-ring (bicyclic) bond motifs is 1. The van der Waals surface area contributed by atoms with Crippen LogP contribution >= 0.6 is 0 Å². The number of rotatable bonds is 3. The summed E-state index contributed by atoms with van der Waals surface area (Å²) in [6, 6.07) is 16.7. The van der Waals surface area contributed by atoms with Crippen LogP contribution in [0.3, 0.4) is 0 Å². The van der Waals surface area contributed by atoms with Gasteiger partial charge in [-0.05, 0) is 35.4 Å².